The number of carbonyl (C=O) groups excluding carboxylic acids is 2. The molecule has 0 bridgehead atoms. The van der Waals surface area contributed by atoms with E-state index < -0.39 is 6.04 Å². The minimum Gasteiger partial charge on any atom is -0.486 e. The highest BCUT2D eigenvalue weighted by Crippen LogP contribution is 2.35. The normalized spacial score (nSPS) is 18.6. The maximum atomic E-state index is 12.9. The number of nitrogens with zero attached hydrogens (tertiary/aromatic N) is 1. The second-order valence-electron chi connectivity index (χ2n) is 7.22. The van der Waals surface area contributed by atoms with Crippen LogP contribution in [0.5, 0.6) is 11.5 Å². The molecule has 0 aliphatic carbocycles. The molecule has 148 valence electrons. The molecule has 2 aliphatic rings. The smallest absolute Gasteiger partial charge is 0.251 e. The van der Waals surface area contributed by atoms with E-state index in [1.807, 2.05) is 24.4 Å². The van der Waals surface area contributed by atoms with Gasteiger partial charge in [0.1, 0.15) is 13.2 Å². The molecule has 29 heavy (non-hydrogen) atoms. The molecule has 0 radical (unpaired) electrons. The van der Waals surface area contributed by atoms with Gasteiger partial charge in [0.25, 0.3) is 5.91 Å². The van der Waals surface area contributed by atoms with E-state index in [0.29, 0.717) is 36.9 Å². The molecule has 2 aliphatic heterocycles. The Bertz CT molecular complexity index is 1090. The minimum atomic E-state index is -0.513. The van der Waals surface area contributed by atoms with Crippen LogP contribution in [-0.2, 0) is 16.0 Å². The van der Waals surface area contributed by atoms with E-state index in [0.717, 1.165) is 11.9 Å². The Morgan fingerprint density at radius 2 is 1.90 bits per heavy atom. The van der Waals surface area contributed by atoms with Gasteiger partial charge in [-0.3, -0.25) is 9.59 Å². The lowest BCUT2D eigenvalue weighted by Crippen LogP contribution is -2.39. The zero-order chi connectivity index (χ0) is 19.8. The van der Waals surface area contributed by atoms with Crippen molar-refractivity contribution in [3.8, 4) is 11.5 Å². The van der Waals surface area contributed by atoms with Gasteiger partial charge in [-0.1, -0.05) is 18.2 Å². The van der Waals surface area contributed by atoms with Crippen molar-refractivity contribution in [2.75, 3.05) is 24.7 Å². The summed E-state index contributed by atoms with van der Waals surface area (Å²) in [5, 5.41) is 4.43. The molecule has 7 heteroatoms. The number of para-hydroxylation sites is 1. The van der Waals surface area contributed by atoms with E-state index in [4.69, 9.17) is 9.47 Å². The quantitative estimate of drug-likeness (QED) is 0.653. The topological polar surface area (TPSA) is 83.7 Å². The monoisotopic (exact) mass is 391 g/mol. The summed E-state index contributed by atoms with van der Waals surface area (Å²) >= 11 is 0. The molecule has 3 aromatic rings. The van der Waals surface area contributed by atoms with Crippen molar-refractivity contribution in [2.24, 2.45) is 0 Å². The Labute approximate surface area is 167 Å². The first-order valence-electron chi connectivity index (χ1n) is 9.75. The van der Waals surface area contributed by atoms with E-state index in [9.17, 15) is 9.59 Å². The average molecular weight is 391 g/mol. The van der Waals surface area contributed by atoms with Crippen molar-refractivity contribution in [1.29, 1.82) is 0 Å². The number of imide groups is 1. The summed E-state index contributed by atoms with van der Waals surface area (Å²) in [5.74, 6) is 0.750. The van der Waals surface area contributed by atoms with E-state index in [1.54, 1.807) is 18.2 Å². The van der Waals surface area contributed by atoms with Gasteiger partial charge in [-0.25, -0.2) is 4.90 Å². The molecule has 5 rings (SSSR count). The molecule has 1 atom stereocenters. The van der Waals surface area contributed by atoms with Crippen LogP contribution in [0.2, 0.25) is 0 Å². The maximum absolute atomic E-state index is 12.9. The van der Waals surface area contributed by atoms with Crippen LogP contribution in [0.4, 0.5) is 5.69 Å². The lowest BCUT2D eigenvalue weighted by molar-refractivity contribution is -0.121. The van der Waals surface area contributed by atoms with Gasteiger partial charge in [0, 0.05) is 29.7 Å². The van der Waals surface area contributed by atoms with Crippen LogP contribution < -0.4 is 19.7 Å². The predicted octanol–water partition coefficient (Wildman–Crippen LogP) is 2.40. The van der Waals surface area contributed by atoms with Crippen molar-refractivity contribution in [2.45, 2.75) is 18.9 Å². The fraction of sp³-hybridized carbons (Fsp3) is 0.273. The van der Waals surface area contributed by atoms with Crippen molar-refractivity contribution in [3.63, 3.8) is 0 Å². The molecule has 0 spiro atoms. The standard InChI is InChI=1S/C22H21N3O4/c26-21-12-18(23-8-7-14-13-24-17-4-2-1-3-16(14)17)22(27)25(21)15-5-6-19-20(11-15)29-10-9-28-19/h1-6,11,13,18,23-24H,7-10,12H2. The van der Waals surface area contributed by atoms with Crippen molar-refractivity contribution >= 4 is 28.4 Å². The molecule has 3 heterocycles. The van der Waals surface area contributed by atoms with Gasteiger partial charge in [0.05, 0.1) is 18.2 Å². The summed E-state index contributed by atoms with van der Waals surface area (Å²) in [6, 6.07) is 12.8. The van der Waals surface area contributed by atoms with E-state index in [2.05, 4.69) is 16.4 Å². The number of H-pyrrole nitrogens is 1. The van der Waals surface area contributed by atoms with Gasteiger partial charge in [0.15, 0.2) is 11.5 Å². The fourth-order valence-corrected chi connectivity index (χ4v) is 3.95. The Kier molecular flexibility index (Phi) is 4.44. The molecular weight excluding hydrogens is 370 g/mol. The highest BCUT2D eigenvalue weighted by Gasteiger charge is 2.39. The number of benzene rings is 2. The SMILES string of the molecule is O=C1CC(NCCc2c[nH]c3ccccc23)C(=O)N1c1ccc2c(c1)OCCO2. The number of aromatic amines is 1. The number of hydrogen-bond donors (Lipinski definition) is 2. The zero-order valence-electron chi connectivity index (χ0n) is 15.8. The summed E-state index contributed by atoms with van der Waals surface area (Å²) in [6.07, 6.45) is 2.92. The summed E-state index contributed by atoms with van der Waals surface area (Å²) in [5.41, 5.74) is 2.80. The van der Waals surface area contributed by atoms with E-state index in [-0.39, 0.29) is 18.2 Å². The van der Waals surface area contributed by atoms with Crippen LogP contribution in [0, 0.1) is 0 Å². The molecule has 2 amide bonds. The number of anilines is 1. The van der Waals surface area contributed by atoms with Crippen LogP contribution in [-0.4, -0.2) is 42.6 Å². The van der Waals surface area contributed by atoms with E-state index in [1.165, 1.54) is 15.8 Å². The maximum Gasteiger partial charge on any atom is 0.251 e. The van der Waals surface area contributed by atoms with Gasteiger partial charge in [0.2, 0.25) is 5.91 Å². The fourth-order valence-electron chi connectivity index (χ4n) is 3.95. The second kappa shape index (κ2) is 7.25. The molecule has 2 aromatic carbocycles. The predicted molar refractivity (Wildman–Crippen MR) is 108 cm³/mol. The summed E-state index contributed by atoms with van der Waals surface area (Å²) in [4.78, 5) is 29.9. The second-order valence-corrected chi connectivity index (χ2v) is 7.22. The highest BCUT2D eigenvalue weighted by atomic mass is 16.6. The van der Waals surface area contributed by atoms with Gasteiger partial charge in [-0.15, -0.1) is 0 Å². The molecule has 0 saturated carbocycles. The van der Waals surface area contributed by atoms with E-state index >= 15 is 0 Å². The highest BCUT2D eigenvalue weighted by molar-refractivity contribution is 6.22. The largest absolute Gasteiger partial charge is 0.486 e. The van der Waals surface area contributed by atoms with Crippen LogP contribution >= 0.6 is 0 Å². The lowest BCUT2D eigenvalue weighted by atomic mass is 10.1. The van der Waals surface area contributed by atoms with Crippen molar-refractivity contribution < 1.29 is 19.1 Å². The Balaban J connectivity index is 1.26. The van der Waals surface area contributed by atoms with Crippen molar-refractivity contribution in [1.82, 2.24) is 10.3 Å². The molecule has 1 saturated heterocycles. The van der Waals surface area contributed by atoms with Gasteiger partial charge in [-0.2, -0.15) is 0 Å². The third-order valence-corrected chi connectivity index (χ3v) is 5.39. The first-order valence-corrected chi connectivity index (χ1v) is 9.75. The first kappa shape index (κ1) is 17.8. The molecule has 7 nitrogen and oxygen atoms in total. The number of nitrogens with one attached hydrogen (secondary N) is 2. The van der Waals surface area contributed by atoms with Crippen LogP contribution in [0.15, 0.2) is 48.7 Å². The minimum absolute atomic E-state index is 0.154. The number of carbonyl (C=O) groups is 2. The van der Waals surface area contributed by atoms with Crippen LogP contribution in [0.25, 0.3) is 10.9 Å². The van der Waals surface area contributed by atoms with Crippen LogP contribution in [0.3, 0.4) is 0 Å². The summed E-state index contributed by atoms with van der Waals surface area (Å²) < 4.78 is 11.1. The number of fused-ring (bicyclic) bond motifs is 2. The molecular formula is C22H21N3O4. The number of aromatic nitrogens is 1. The molecule has 1 fully saturated rings. The first-order chi connectivity index (χ1) is 14.2. The molecule has 1 unspecified atom stereocenters. The van der Waals surface area contributed by atoms with Gasteiger partial charge in [-0.05, 0) is 30.2 Å². The number of hydrogen-bond acceptors (Lipinski definition) is 5. The number of amides is 2. The molecule has 2 N–H and O–H groups in total. The Morgan fingerprint density at radius 1 is 1.07 bits per heavy atom. The Morgan fingerprint density at radius 3 is 2.79 bits per heavy atom. The zero-order valence-corrected chi connectivity index (χ0v) is 15.8. The summed E-state index contributed by atoms with van der Waals surface area (Å²) in [7, 11) is 0. The summed E-state index contributed by atoms with van der Waals surface area (Å²) in [6.45, 7) is 1.56. The van der Waals surface area contributed by atoms with Crippen LogP contribution in [0.1, 0.15) is 12.0 Å². The average Bonchev–Trinajstić information content (AvgIpc) is 3.28. The van der Waals surface area contributed by atoms with Gasteiger partial charge < -0.3 is 19.8 Å². The molecule has 1 aromatic heterocycles. The third kappa shape index (κ3) is 3.23. The number of rotatable bonds is 5. The van der Waals surface area contributed by atoms with Crippen molar-refractivity contribution in [3.05, 3.63) is 54.2 Å². The number of ether oxygens (including phenoxy) is 2. The third-order valence-electron chi connectivity index (χ3n) is 5.39. The Hall–Kier alpha value is -3.32. The van der Waals surface area contributed by atoms with Gasteiger partial charge >= 0.3 is 0 Å². The lowest BCUT2D eigenvalue weighted by Gasteiger charge is -2.21.